The Hall–Kier alpha value is -3.42. The van der Waals surface area contributed by atoms with Crippen molar-refractivity contribution >= 4 is 22.6 Å². The van der Waals surface area contributed by atoms with E-state index < -0.39 is 11.2 Å². The molecule has 0 unspecified atom stereocenters. The quantitative estimate of drug-likeness (QED) is 0.724. The molecule has 2 aromatic heterocycles. The molecule has 1 amide bonds. The van der Waals surface area contributed by atoms with Crippen molar-refractivity contribution < 1.29 is 9.53 Å². The fourth-order valence-corrected chi connectivity index (χ4v) is 3.04. The van der Waals surface area contributed by atoms with Crippen LogP contribution in [-0.2, 0) is 18.9 Å². The van der Waals surface area contributed by atoms with E-state index in [9.17, 15) is 14.4 Å². The maximum atomic E-state index is 12.3. The molecule has 1 aromatic carbocycles. The number of benzene rings is 1. The standard InChI is InChI=1S/C20H22N4O4/c1-12-7-13(2)9-15(8-12)28-6-5-17(25)22-14-10-16-18(21-11-14)23(3)20(27)24(4)19(16)26/h7-11H,5-6H2,1-4H3,(H,22,25). The van der Waals surface area contributed by atoms with Gasteiger partial charge < -0.3 is 10.1 Å². The smallest absolute Gasteiger partial charge is 0.332 e. The van der Waals surface area contributed by atoms with Gasteiger partial charge in [-0.2, -0.15) is 0 Å². The van der Waals surface area contributed by atoms with Crippen molar-refractivity contribution in [2.45, 2.75) is 20.3 Å². The molecule has 0 aliphatic heterocycles. The first-order chi connectivity index (χ1) is 13.3. The van der Waals surface area contributed by atoms with Gasteiger partial charge in [0.15, 0.2) is 0 Å². The summed E-state index contributed by atoms with van der Waals surface area (Å²) in [6.45, 7) is 4.20. The first kappa shape index (κ1) is 19.3. The van der Waals surface area contributed by atoms with E-state index in [1.807, 2.05) is 32.0 Å². The van der Waals surface area contributed by atoms with Crippen molar-refractivity contribution in [3.8, 4) is 5.75 Å². The molecule has 8 nitrogen and oxygen atoms in total. The average Bonchev–Trinajstić information content (AvgIpc) is 2.64. The second kappa shape index (κ2) is 7.67. The van der Waals surface area contributed by atoms with Crippen LogP contribution in [0.15, 0.2) is 40.1 Å². The first-order valence-electron chi connectivity index (χ1n) is 8.83. The molecule has 1 N–H and O–H groups in total. The van der Waals surface area contributed by atoms with Crippen molar-refractivity contribution in [3.05, 3.63) is 62.4 Å². The zero-order valence-corrected chi connectivity index (χ0v) is 16.3. The van der Waals surface area contributed by atoms with Crippen molar-refractivity contribution in [1.82, 2.24) is 14.1 Å². The predicted octanol–water partition coefficient (Wildman–Crippen LogP) is 1.66. The number of amides is 1. The summed E-state index contributed by atoms with van der Waals surface area (Å²) in [7, 11) is 2.94. The van der Waals surface area contributed by atoms with Crippen molar-refractivity contribution in [3.63, 3.8) is 0 Å². The Morgan fingerprint density at radius 2 is 1.75 bits per heavy atom. The van der Waals surface area contributed by atoms with Gasteiger partial charge in [0.25, 0.3) is 5.56 Å². The van der Waals surface area contributed by atoms with Gasteiger partial charge in [0.2, 0.25) is 5.91 Å². The lowest BCUT2D eigenvalue weighted by Gasteiger charge is -2.10. The van der Waals surface area contributed by atoms with Crippen molar-refractivity contribution in [1.29, 1.82) is 0 Å². The molecule has 3 aromatic rings. The Morgan fingerprint density at radius 3 is 2.43 bits per heavy atom. The van der Waals surface area contributed by atoms with Gasteiger partial charge in [-0.3, -0.25) is 18.7 Å². The van der Waals surface area contributed by atoms with Crippen molar-refractivity contribution in [2.75, 3.05) is 11.9 Å². The Bertz CT molecular complexity index is 1160. The Balaban J connectivity index is 1.69. The van der Waals surface area contributed by atoms with Crippen LogP contribution in [0.3, 0.4) is 0 Å². The van der Waals surface area contributed by atoms with Gasteiger partial charge in [-0.1, -0.05) is 6.07 Å². The minimum atomic E-state index is -0.458. The lowest BCUT2D eigenvalue weighted by Crippen LogP contribution is -2.37. The first-order valence-corrected chi connectivity index (χ1v) is 8.83. The van der Waals surface area contributed by atoms with E-state index in [1.54, 1.807) is 7.05 Å². The second-order valence-corrected chi connectivity index (χ2v) is 6.77. The number of hydrogen-bond acceptors (Lipinski definition) is 5. The highest BCUT2D eigenvalue weighted by Gasteiger charge is 2.11. The van der Waals surface area contributed by atoms with E-state index in [4.69, 9.17) is 4.74 Å². The number of aryl methyl sites for hydroxylation is 3. The third-order valence-electron chi connectivity index (χ3n) is 4.37. The predicted molar refractivity (Wildman–Crippen MR) is 107 cm³/mol. The summed E-state index contributed by atoms with van der Waals surface area (Å²) in [6, 6.07) is 7.40. The number of nitrogens with zero attached hydrogens (tertiary/aromatic N) is 3. The van der Waals surface area contributed by atoms with E-state index in [-0.39, 0.29) is 30.0 Å². The molecule has 0 fully saturated rings. The van der Waals surface area contributed by atoms with Gasteiger partial charge in [0.1, 0.15) is 11.4 Å². The fraction of sp³-hybridized carbons (Fsp3) is 0.300. The summed E-state index contributed by atoms with van der Waals surface area (Å²) >= 11 is 0. The topological polar surface area (TPSA) is 95.2 Å². The summed E-state index contributed by atoms with van der Waals surface area (Å²) in [5.41, 5.74) is 1.93. The van der Waals surface area contributed by atoms with Crippen LogP contribution in [0.5, 0.6) is 5.75 Å². The molecule has 8 heteroatoms. The molecule has 2 heterocycles. The Labute approximate surface area is 161 Å². The van der Waals surface area contributed by atoms with Gasteiger partial charge in [-0.05, 0) is 43.2 Å². The van der Waals surface area contributed by atoms with Crippen LogP contribution in [0.1, 0.15) is 17.5 Å². The molecule has 0 bridgehead atoms. The SMILES string of the molecule is Cc1cc(C)cc(OCCC(=O)Nc2cnc3c(c2)c(=O)n(C)c(=O)n3C)c1. The number of carbonyl (C=O) groups excluding carboxylic acids is 1. The van der Waals surface area contributed by atoms with E-state index in [0.29, 0.717) is 5.69 Å². The number of aromatic nitrogens is 3. The summed E-state index contributed by atoms with van der Waals surface area (Å²) < 4.78 is 7.94. The molecular weight excluding hydrogens is 360 g/mol. The molecule has 0 aliphatic rings. The molecule has 0 saturated carbocycles. The van der Waals surface area contributed by atoms with Crippen molar-refractivity contribution in [2.24, 2.45) is 14.1 Å². The highest BCUT2D eigenvalue weighted by Crippen LogP contribution is 2.16. The largest absolute Gasteiger partial charge is 0.493 e. The minimum absolute atomic E-state index is 0.149. The van der Waals surface area contributed by atoms with Crippen LogP contribution in [-0.4, -0.2) is 26.6 Å². The third-order valence-corrected chi connectivity index (χ3v) is 4.37. The second-order valence-electron chi connectivity index (χ2n) is 6.77. The number of carbonyl (C=O) groups is 1. The van der Waals surface area contributed by atoms with E-state index >= 15 is 0 Å². The van der Waals surface area contributed by atoms with Gasteiger partial charge in [0.05, 0.1) is 30.3 Å². The number of rotatable bonds is 5. The maximum absolute atomic E-state index is 12.3. The zero-order chi connectivity index (χ0) is 20.4. The summed E-state index contributed by atoms with van der Waals surface area (Å²) in [5.74, 6) is 0.467. The molecule has 146 valence electrons. The number of fused-ring (bicyclic) bond motifs is 1. The molecule has 0 atom stereocenters. The van der Waals surface area contributed by atoms with Gasteiger partial charge >= 0.3 is 5.69 Å². The number of nitrogens with one attached hydrogen (secondary N) is 1. The van der Waals surface area contributed by atoms with E-state index in [0.717, 1.165) is 21.4 Å². The number of ether oxygens (including phenoxy) is 1. The van der Waals surface area contributed by atoms with E-state index in [1.165, 1.54) is 23.9 Å². The third kappa shape index (κ3) is 3.95. The monoisotopic (exact) mass is 382 g/mol. The molecule has 3 rings (SSSR count). The fourth-order valence-electron chi connectivity index (χ4n) is 3.04. The highest BCUT2D eigenvalue weighted by molar-refractivity contribution is 5.92. The van der Waals surface area contributed by atoms with E-state index in [2.05, 4.69) is 10.3 Å². The Morgan fingerprint density at radius 1 is 1.07 bits per heavy atom. The molecular formula is C20H22N4O4. The van der Waals surface area contributed by atoms with Crippen LogP contribution in [0.4, 0.5) is 5.69 Å². The van der Waals surface area contributed by atoms with Crippen LogP contribution >= 0.6 is 0 Å². The van der Waals surface area contributed by atoms with Crippen LogP contribution in [0.2, 0.25) is 0 Å². The van der Waals surface area contributed by atoms with Crippen LogP contribution < -0.4 is 21.3 Å². The number of pyridine rings is 1. The lowest BCUT2D eigenvalue weighted by molar-refractivity contribution is -0.116. The van der Waals surface area contributed by atoms with Gasteiger partial charge in [-0.25, -0.2) is 9.78 Å². The molecule has 0 aliphatic carbocycles. The molecule has 28 heavy (non-hydrogen) atoms. The highest BCUT2D eigenvalue weighted by atomic mass is 16.5. The molecule has 0 radical (unpaired) electrons. The van der Waals surface area contributed by atoms with Gasteiger partial charge in [-0.15, -0.1) is 0 Å². The molecule has 0 saturated heterocycles. The molecule has 0 spiro atoms. The summed E-state index contributed by atoms with van der Waals surface area (Å²) in [5, 5.41) is 2.97. The summed E-state index contributed by atoms with van der Waals surface area (Å²) in [6.07, 6.45) is 1.57. The maximum Gasteiger partial charge on any atom is 0.332 e. The summed E-state index contributed by atoms with van der Waals surface area (Å²) in [4.78, 5) is 40.6. The average molecular weight is 382 g/mol. The zero-order valence-electron chi connectivity index (χ0n) is 16.3. The minimum Gasteiger partial charge on any atom is -0.493 e. The lowest BCUT2D eigenvalue weighted by atomic mass is 10.1. The number of anilines is 1. The normalized spacial score (nSPS) is 10.9. The van der Waals surface area contributed by atoms with Crippen LogP contribution in [0, 0.1) is 13.8 Å². The Kier molecular flexibility index (Phi) is 5.30. The van der Waals surface area contributed by atoms with Gasteiger partial charge in [0, 0.05) is 14.1 Å². The van der Waals surface area contributed by atoms with Crippen LogP contribution in [0.25, 0.3) is 11.0 Å². The number of hydrogen-bond donors (Lipinski definition) is 1.